The van der Waals surface area contributed by atoms with E-state index in [4.69, 9.17) is 9.84 Å². The molecule has 92 valence electrons. The molecule has 1 fully saturated rings. The molecule has 1 rings (SSSR count). The molecular weight excluding hydrogens is 210 g/mol. The predicted octanol–water partition coefficient (Wildman–Crippen LogP) is 0.781. The number of ether oxygens (including phenoxy) is 1. The molecule has 0 spiro atoms. The Morgan fingerprint density at radius 1 is 1.50 bits per heavy atom. The Kier molecular flexibility index (Phi) is 4.73. The summed E-state index contributed by atoms with van der Waals surface area (Å²) in [5.41, 5.74) is 0. The molecule has 5 heteroatoms. The van der Waals surface area contributed by atoms with Gasteiger partial charge in [-0.05, 0) is 18.8 Å². The van der Waals surface area contributed by atoms with Gasteiger partial charge < -0.3 is 15.2 Å². The molecule has 2 unspecified atom stereocenters. The smallest absolute Gasteiger partial charge is 0.326 e. The van der Waals surface area contributed by atoms with Gasteiger partial charge in [-0.2, -0.15) is 0 Å². The first-order chi connectivity index (χ1) is 7.50. The maximum Gasteiger partial charge on any atom is 0.326 e. The first kappa shape index (κ1) is 13.0. The molecule has 1 aliphatic heterocycles. The van der Waals surface area contributed by atoms with Gasteiger partial charge in [-0.25, -0.2) is 4.79 Å². The molecular formula is C11H19NO4. The Balaban J connectivity index is 2.38. The van der Waals surface area contributed by atoms with Gasteiger partial charge in [0.1, 0.15) is 6.04 Å². The van der Waals surface area contributed by atoms with Crippen molar-refractivity contribution in [3.8, 4) is 0 Å². The van der Waals surface area contributed by atoms with E-state index in [9.17, 15) is 9.59 Å². The monoisotopic (exact) mass is 229 g/mol. The summed E-state index contributed by atoms with van der Waals surface area (Å²) >= 11 is 0. The fourth-order valence-electron chi connectivity index (χ4n) is 1.76. The molecule has 0 saturated carbocycles. The van der Waals surface area contributed by atoms with Crippen LogP contribution in [-0.4, -0.2) is 35.7 Å². The van der Waals surface area contributed by atoms with Crippen LogP contribution < -0.4 is 5.32 Å². The molecule has 0 aromatic heterocycles. The van der Waals surface area contributed by atoms with Crippen molar-refractivity contribution in [3.05, 3.63) is 0 Å². The Labute approximate surface area is 95.2 Å². The van der Waals surface area contributed by atoms with E-state index in [1.165, 1.54) is 0 Å². The van der Waals surface area contributed by atoms with Crippen LogP contribution in [0.3, 0.4) is 0 Å². The number of rotatable bonds is 5. The largest absolute Gasteiger partial charge is 0.480 e. The van der Waals surface area contributed by atoms with Crippen LogP contribution >= 0.6 is 0 Å². The summed E-state index contributed by atoms with van der Waals surface area (Å²) in [5.74, 6) is -1.35. The van der Waals surface area contributed by atoms with Gasteiger partial charge in [0.05, 0.1) is 12.5 Å². The summed E-state index contributed by atoms with van der Waals surface area (Å²) in [6.07, 6.45) is 2.08. The molecule has 1 saturated heterocycles. The molecule has 16 heavy (non-hydrogen) atoms. The van der Waals surface area contributed by atoms with E-state index in [1.807, 2.05) is 0 Å². The number of carboxylic acid groups (broad SMARTS) is 1. The van der Waals surface area contributed by atoms with Gasteiger partial charge in [0.15, 0.2) is 0 Å². The molecule has 0 aromatic carbocycles. The third-order valence-corrected chi connectivity index (χ3v) is 2.69. The number of aliphatic carboxylic acids is 1. The second kappa shape index (κ2) is 5.84. The highest BCUT2D eigenvalue weighted by Gasteiger charge is 2.25. The molecule has 1 aliphatic rings. The minimum Gasteiger partial charge on any atom is -0.480 e. The second-order valence-corrected chi connectivity index (χ2v) is 4.47. The Bertz CT molecular complexity index is 259. The Hall–Kier alpha value is -1.10. The number of carbonyl (C=O) groups excluding carboxylic acids is 1. The van der Waals surface area contributed by atoms with E-state index in [2.05, 4.69) is 5.32 Å². The lowest BCUT2D eigenvalue weighted by molar-refractivity contribution is -0.143. The van der Waals surface area contributed by atoms with Gasteiger partial charge in [0.25, 0.3) is 0 Å². The van der Waals surface area contributed by atoms with Gasteiger partial charge in [0.2, 0.25) is 5.91 Å². The van der Waals surface area contributed by atoms with Crippen LogP contribution in [0.2, 0.25) is 0 Å². The fraction of sp³-hybridized carbons (Fsp3) is 0.818. The van der Waals surface area contributed by atoms with Crippen molar-refractivity contribution in [1.29, 1.82) is 0 Å². The molecule has 2 atom stereocenters. The lowest BCUT2D eigenvalue weighted by atomic mass is 10.0. The number of nitrogens with one attached hydrogen (secondary N) is 1. The molecule has 0 aromatic rings. The van der Waals surface area contributed by atoms with Crippen LogP contribution in [-0.2, 0) is 14.3 Å². The SMILES string of the molecule is CC(C)C(NC(=O)CC1CCCO1)C(=O)O. The second-order valence-electron chi connectivity index (χ2n) is 4.47. The first-order valence-electron chi connectivity index (χ1n) is 5.64. The van der Waals surface area contributed by atoms with Crippen LogP contribution in [0.15, 0.2) is 0 Å². The van der Waals surface area contributed by atoms with E-state index in [0.29, 0.717) is 6.61 Å². The van der Waals surface area contributed by atoms with E-state index in [1.54, 1.807) is 13.8 Å². The summed E-state index contributed by atoms with van der Waals surface area (Å²) < 4.78 is 5.32. The molecule has 5 nitrogen and oxygen atoms in total. The lowest BCUT2D eigenvalue weighted by Gasteiger charge is -2.18. The highest BCUT2D eigenvalue weighted by molar-refractivity contribution is 5.83. The maximum absolute atomic E-state index is 11.6. The van der Waals surface area contributed by atoms with E-state index >= 15 is 0 Å². The summed E-state index contributed by atoms with van der Waals surface area (Å²) in [6, 6.07) is -0.811. The van der Waals surface area contributed by atoms with Crippen molar-refractivity contribution >= 4 is 11.9 Å². The molecule has 0 radical (unpaired) electrons. The first-order valence-corrected chi connectivity index (χ1v) is 5.64. The fourth-order valence-corrected chi connectivity index (χ4v) is 1.76. The number of hydrogen-bond donors (Lipinski definition) is 2. The minimum absolute atomic E-state index is 0.0402. The van der Waals surface area contributed by atoms with Crippen molar-refractivity contribution in [1.82, 2.24) is 5.32 Å². The zero-order chi connectivity index (χ0) is 12.1. The number of hydrogen-bond acceptors (Lipinski definition) is 3. The normalized spacial score (nSPS) is 22.1. The average Bonchev–Trinajstić information content (AvgIpc) is 2.65. The van der Waals surface area contributed by atoms with Gasteiger partial charge in [-0.1, -0.05) is 13.8 Å². The molecule has 1 amide bonds. The van der Waals surface area contributed by atoms with E-state index in [0.717, 1.165) is 12.8 Å². The van der Waals surface area contributed by atoms with Crippen LogP contribution in [0, 0.1) is 5.92 Å². The predicted molar refractivity (Wildman–Crippen MR) is 58.0 cm³/mol. The zero-order valence-corrected chi connectivity index (χ0v) is 9.73. The number of amides is 1. The number of carbonyl (C=O) groups is 2. The summed E-state index contributed by atoms with van der Waals surface area (Å²) in [5, 5.41) is 11.4. The van der Waals surface area contributed by atoms with Crippen LogP contribution in [0.1, 0.15) is 33.1 Å². The molecule has 1 heterocycles. The third kappa shape index (κ3) is 3.81. The van der Waals surface area contributed by atoms with Crippen molar-refractivity contribution in [2.75, 3.05) is 6.61 Å². The van der Waals surface area contributed by atoms with Gasteiger partial charge in [-0.3, -0.25) is 4.79 Å². The molecule has 2 N–H and O–H groups in total. The van der Waals surface area contributed by atoms with Crippen molar-refractivity contribution in [2.24, 2.45) is 5.92 Å². The van der Waals surface area contributed by atoms with Crippen molar-refractivity contribution in [2.45, 2.75) is 45.3 Å². The molecule has 0 bridgehead atoms. The summed E-state index contributed by atoms with van der Waals surface area (Å²) in [4.78, 5) is 22.4. The van der Waals surface area contributed by atoms with Crippen LogP contribution in [0.5, 0.6) is 0 Å². The Morgan fingerprint density at radius 3 is 2.62 bits per heavy atom. The number of carboxylic acids is 1. The Morgan fingerprint density at radius 2 is 2.19 bits per heavy atom. The summed E-state index contributed by atoms with van der Waals surface area (Å²) in [7, 11) is 0. The topological polar surface area (TPSA) is 75.6 Å². The van der Waals surface area contributed by atoms with Crippen LogP contribution in [0.4, 0.5) is 0 Å². The standard InChI is InChI=1S/C11H19NO4/c1-7(2)10(11(14)15)12-9(13)6-8-4-3-5-16-8/h7-8,10H,3-6H2,1-2H3,(H,12,13)(H,14,15). The molecule has 0 aliphatic carbocycles. The van der Waals surface area contributed by atoms with E-state index in [-0.39, 0.29) is 24.3 Å². The van der Waals surface area contributed by atoms with Crippen molar-refractivity contribution < 1.29 is 19.4 Å². The van der Waals surface area contributed by atoms with Gasteiger partial charge in [-0.15, -0.1) is 0 Å². The maximum atomic E-state index is 11.6. The van der Waals surface area contributed by atoms with Gasteiger partial charge in [0, 0.05) is 6.61 Å². The summed E-state index contributed by atoms with van der Waals surface area (Å²) in [6.45, 7) is 4.24. The quantitative estimate of drug-likeness (QED) is 0.730. The lowest BCUT2D eigenvalue weighted by Crippen LogP contribution is -2.45. The van der Waals surface area contributed by atoms with Crippen molar-refractivity contribution in [3.63, 3.8) is 0 Å². The average molecular weight is 229 g/mol. The van der Waals surface area contributed by atoms with E-state index < -0.39 is 12.0 Å². The zero-order valence-electron chi connectivity index (χ0n) is 9.73. The van der Waals surface area contributed by atoms with Crippen LogP contribution in [0.25, 0.3) is 0 Å². The highest BCUT2D eigenvalue weighted by atomic mass is 16.5. The third-order valence-electron chi connectivity index (χ3n) is 2.69. The highest BCUT2D eigenvalue weighted by Crippen LogP contribution is 2.15. The van der Waals surface area contributed by atoms with Gasteiger partial charge >= 0.3 is 5.97 Å². The minimum atomic E-state index is -0.990.